The first kappa shape index (κ1) is 24.0. The molecule has 0 aliphatic carbocycles. The molecule has 1 saturated heterocycles. The van der Waals surface area contributed by atoms with Gasteiger partial charge in [0.25, 0.3) is 11.1 Å². The van der Waals surface area contributed by atoms with Gasteiger partial charge in [-0.25, -0.2) is 0 Å². The van der Waals surface area contributed by atoms with Crippen molar-refractivity contribution in [3.63, 3.8) is 0 Å². The Kier molecular flexibility index (Phi) is 8.06. The van der Waals surface area contributed by atoms with Gasteiger partial charge < -0.3 is 14.2 Å². The SMILES string of the molecule is CCOC(=O)CN1C(=O)S/C(=C\c2cc(Cl)c(OCc3ccccc3Cl)c(OC)c2)C1=O. The fourth-order valence-electron chi connectivity index (χ4n) is 2.85. The molecule has 2 aromatic carbocycles. The highest BCUT2D eigenvalue weighted by Crippen LogP contribution is 2.39. The Morgan fingerprint density at radius 1 is 1.16 bits per heavy atom. The Bertz CT molecular complexity index is 1090. The molecule has 2 amide bonds. The zero-order valence-electron chi connectivity index (χ0n) is 17.2. The molecule has 0 saturated carbocycles. The number of hydrogen-bond donors (Lipinski definition) is 0. The molecule has 0 unspecified atom stereocenters. The van der Waals surface area contributed by atoms with Crippen molar-refractivity contribution in [2.75, 3.05) is 20.3 Å². The van der Waals surface area contributed by atoms with Crippen LogP contribution in [0.4, 0.5) is 4.79 Å². The maximum Gasteiger partial charge on any atom is 0.326 e. The second-order valence-corrected chi connectivity index (χ2v) is 8.29. The molecule has 0 N–H and O–H groups in total. The topological polar surface area (TPSA) is 82.1 Å². The summed E-state index contributed by atoms with van der Waals surface area (Å²) in [5.74, 6) is -0.564. The number of esters is 1. The first-order valence-electron chi connectivity index (χ1n) is 9.48. The molecular formula is C22H19Cl2NO6S. The number of benzene rings is 2. The van der Waals surface area contributed by atoms with E-state index in [-0.39, 0.29) is 23.1 Å². The minimum absolute atomic E-state index is 0.155. The Morgan fingerprint density at radius 2 is 1.91 bits per heavy atom. The lowest BCUT2D eigenvalue weighted by Gasteiger charge is -2.14. The summed E-state index contributed by atoms with van der Waals surface area (Å²) in [6.07, 6.45) is 1.50. The smallest absolute Gasteiger partial charge is 0.326 e. The van der Waals surface area contributed by atoms with Gasteiger partial charge in [-0.2, -0.15) is 0 Å². The number of thioether (sulfide) groups is 1. The molecule has 32 heavy (non-hydrogen) atoms. The lowest BCUT2D eigenvalue weighted by atomic mass is 10.1. The van der Waals surface area contributed by atoms with Gasteiger partial charge in [0, 0.05) is 10.6 Å². The zero-order chi connectivity index (χ0) is 23.3. The molecule has 3 rings (SSSR count). The molecule has 0 bridgehead atoms. The summed E-state index contributed by atoms with van der Waals surface area (Å²) in [5, 5.41) is 0.276. The van der Waals surface area contributed by atoms with Gasteiger partial charge >= 0.3 is 5.97 Å². The number of imide groups is 1. The fraction of sp³-hybridized carbons (Fsp3) is 0.227. The van der Waals surface area contributed by atoms with Gasteiger partial charge in [0.1, 0.15) is 13.2 Å². The number of halogens is 2. The molecule has 0 atom stereocenters. The van der Waals surface area contributed by atoms with Gasteiger partial charge in [-0.1, -0.05) is 41.4 Å². The molecule has 1 fully saturated rings. The highest BCUT2D eigenvalue weighted by atomic mass is 35.5. The molecule has 1 aliphatic rings. The average molecular weight is 496 g/mol. The molecule has 0 spiro atoms. The minimum atomic E-state index is -0.652. The number of amides is 2. The van der Waals surface area contributed by atoms with Crippen molar-refractivity contribution < 1.29 is 28.6 Å². The van der Waals surface area contributed by atoms with Crippen LogP contribution in [-0.4, -0.2) is 42.3 Å². The molecule has 0 radical (unpaired) electrons. The zero-order valence-corrected chi connectivity index (χ0v) is 19.6. The van der Waals surface area contributed by atoms with Crippen LogP contribution >= 0.6 is 35.0 Å². The van der Waals surface area contributed by atoms with E-state index in [4.69, 9.17) is 37.4 Å². The monoisotopic (exact) mass is 495 g/mol. The third-order valence-electron chi connectivity index (χ3n) is 4.35. The number of hydrogen-bond acceptors (Lipinski definition) is 7. The number of nitrogens with zero attached hydrogens (tertiary/aromatic N) is 1. The Morgan fingerprint density at radius 3 is 2.59 bits per heavy atom. The summed E-state index contributed by atoms with van der Waals surface area (Å²) < 4.78 is 16.0. The van der Waals surface area contributed by atoms with Gasteiger partial charge in [0.15, 0.2) is 11.5 Å². The van der Waals surface area contributed by atoms with Crippen LogP contribution in [0.2, 0.25) is 10.0 Å². The van der Waals surface area contributed by atoms with Crippen molar-refractivity contribution in [1.82, 2.24) is 4.90 Å². The highest BCUT2D eigenvalue weighted by molar-refractivity contribution is 8.18. The van der Waals surface area contributed by atoms with Crippen molar-refractivity contribution in [2.24, 2.45) is 0 Å². The van der Waals surface area contributed by atoms with E-state index in [0.29, 0.717) is 22.1 Å². The molecule has 10 heteroatoms. The number of rotatable bonds is 8. The number of carbonyl (C=O) groups is 3. The first-order valence-corrected chi connectivity index (χ1v) is 11.1. The molecule has 1 aliphatic heterocycles. The van der Waals surface area contributed by atoms with Gasteiger partial charge in [-0.3, -0.25) is 19.3 Å². The van der Waals surface area contributed by atoms with Crippen LogP contribution in [0.25, 0.3) is 6.08 Å². The summed E-state index contributed by atoms with van der Waals surface area (Å²) in [7, 11) is 1.46. The number of carbonyl (C=O) groups excluding carboxylic acids is 3. The maximum absolute atomic E-state index is 12.6. The second kappa shape index (κ2) is 10.8. The van der Waals surface area contributed by atoms with Gasteiger partial charge in [0.05, 0.1) is 23.6 Å². The van der Waals surface area contributed by atoms with Crippen LogP contribution in [0.3, 0.4) is 0 Å². The summed E-state index contributed by atoms with van der Waals surface area (Å²) in [6.45, 7) is 1.55. The third-order valence-corrected chi connectivity index (χ3v) is 5.90. The molecule has 0 aromatic heterocycles. The highest BCUT2D eigenvalue weighted by Gasteiger charge is 2.36. The van der Waals surface area contributed by atoms with E-state index < -0.39 is 23.7 Å². The normalized spacial score (nSPS) is 14.8. The largest absolute Gasteiger partial charge is 0.493 e. The van der Waals surface area contributed by atoms with E-state index in [1.54, 1.807) is 25.1 Å². The quantitative estimate of drug-likeness (QED) is 0.368. The van der Waals surface area contributed by atoms with E-state index in [2.05, 4.69) is 0 Å². The second-order valence-electron chi connectivity index (χ2n) is 6.49. The van der Waals surface area contributed by atoms with Crippen molar-refractivity contribution in [3.05, 3.63) is 62.5 Å². The fourth-order valence-corrected chi connectivity index (χ4v) is 4.15. The molecule has 168 valence electrons. The van der Waals surface area contributed by atoms with E-state index in [0.717, 1.165) is 22.2 Å². The van der Waals surface area contributed by atoms with Crippen LogP contribution in [0.5, 0.6) is 11.5 Å². The molecule has 7 nitrogen and oxygen atoms in total. The predicted molar refractivity (Wildman–Crippen MR) is 123 cm³/mol. The van der Waals surface area contributed by atoms with Crippen molar-refractivity contribution in [1.29, 1.82) is 0 Å². The number of methoxy groups -OCH3 is 1. The summed E-state index contributed by atoms with van der Waals surface area (Å²) in [4.78, 5) is 37.4. The van der Waals surface area contributed by atoms with Gasteiger partial charge in [-0.15, -0.1) is 0 Å². The summed E-state index contributed by atoms with van der Waals surface area (Å²) >= 11 is 13.3. The summed E-state index contributed by atoms with van der Waals surface area (Å²) in [6, 6.07) is 10.5. The average Bonchev–Trinajstić information content (AvgIpc) is 3.01. The van der Waals surface area contributed by atoms with Gasteiger partial charge in [0.2, 0.25) is 0 Å². The van der Waals surface area contributed by atoms with E-state index in [9.17, 15) is 14.4 Å². The van der Waals surface area contributed by atoms with Crippen molar-refractivity contribution in [3.8, 4) is 11.5 Å². The Labute approximate surface area is 199 Å². The lowest BCUT2D eigenvalue weighted by molar-refractivity contribution is -0.145. The van der Waals surface area contributed by atoms with Crippen LogP contribution < -0.4 is 9.47 Å². The van der Waals surface area contributed by atoms with Crippen LogP contribution in [0.1, 0.15) is 18.1 Å². The number of ether oxygens (including phenoxy) is 3. The maximum atomic E-state index is 12.6. The minimum Gasteiger partial charge on any atom is -0.493 e. The van der Waals surface area contributed by atoms with Crippen LogP contribution in [-0.2, 0) is 20.9 Å². The van der Waals surface area contributed by atoms with E-state index in [1.807, 2.05) is 18.2 Å². The Hall–Kier alpha value is -2.68. The first-order chi connectivity index (χ1) is 15.3. The molecule has 2 aromatic rings. The van der Waals surface area contributed by atoms with E-state index >= 15 is 0 Å². The van der Waals surface area contributed by atoms with Gasteiger partial charge in [-0.05, 0) is 48.5 Å². The molecular weight excluding hydrogens is 477 g/mol. The third kappa shape index (κ3) is 5.56. The predicted octanol–water partition coefficient (Wildman–Crippen LogP) is 5.18. The van der Waals surface area contributed by atoms with Crippen LogP contribution in [0, 0.1) is 0 Å². The molecule has 1 heterocycles. The van der Waals surface area contributed by atoms with E-state index in [1.165, 1.54) is 13.2 Å². The Balaban J connectivity index is 1.80. The lowest BCUT2D eigenvalue weighted by Crippen LogP contribution is -2.34. The van der Waals surface area contributed by atoms with Crippen LogP contribution in [0.15, 0.2) is 41.3 Å². The van der Waals surface area contributed by atoms with Crippen molar-refractivity contribution >= 4 is 58.2 Å². The summed E-state index contributed by atoms with van der Waals surface area (Å²) in [5.41, 5.74) is 1.31. The van der Waals surface area contributed by atoms with Crippen molar-refractivity contribution in [2.45, 2.75) is 13.5 Å². The standard InChI is InChI=1S/C22H19Cl2NO6S/c1-3-30-19(26)11-25-21(27)18(32-22(25)28)10-13-8-16(24)20(17(9-13)29-2)31-12-14-6-4-5-7-15(14)23/h4-10H,3,11-12H2,1-2H3/b18-10-.